The van der Waals surface area contributed by atoms with Crippen molar-refractivity contribution in [1.29, 1.82) is 0 Å². The first kappa shape index (κ1) is 16.3. The highest BCUT2D eigenvalue weighted by Gasteiger charge is 2.30. The Bertz CT molecular complexity index is 510. The van der Waals surface area contributed by atoms with Crippen molar-refractivity contribution in [2.75, 3.05) is 45.4 Å². The lowest BCUT2D eigenvalue weighted by Crippen LogP contribution is -2.30. The third-order valence-corrected chi connectivity index (χ3v) is 3.50. The number of benzene rings is 1. The van der Waals surface area contributed by atoms with Crippen molar-refractivity contribution in [1.82, 2.24) is 10.6 Å². The van der Waals surface area contributed by atoms with Gasteiger partial charge in [-0.2, -0.15) is 0 Å². The van der Waals surface area contributed by atoms with Crippen LogP contribution in [0.3, 0.4) is 0 Å². The third-order valence-electron chi connectivity index (χ3n) is 3.50. The molecular weight excluding hydrogens is 286 g/mol. The fraction of sp³-hybridized carbons (Fsp3) is 0.467. The van der Waals surface area contributed by atoms with E-state index in [1.165, 1.54) is 0 Å². The lowest BCUT2D eigenvalue weighted by Gasteiger charge is -2.24. The van der Waals surface area contributed by atoms with Crippen LogP contribution in [0.4, 0.5) is 10.5 Å². The summed E-state index contributed by atoms with van der Waals surface area (Å²) in [5, 5.41) is 4.81. The van der Waals surface area contributed by atoms with Crippen molar-refractivity contribution in [2.45, 2.75) is 6.04 Å². The molecule has 1 aliphatic rings. The number of nitrogens with one attached hydrogen (secondary N) is 2. The molecule has 1 aromatic carbocycles. The van der Waals surface area contributed by atoms with Gasteiger partial charge in [-0.05, 0) is 17.7 Å². The maximum absolute atomic E-state index is 11.6. The molecule has 0 bridgehead atoms. The van der Waals surface area contributed by atoms with Crippen LogP contribution in [0.25, 0.3) is 0 Å². The van der Waals surface area contributed by atoms with Crippen LogP contribution in [0.2, 0.25) is 0 Å². The van der Waals surface area contributed by atoms with Gasteiger partial charge in [-0.25, -0.2) is 4.79 Å². The molecule has 1 atom stereocenters. The summed E-state index contributed by atoms with van der Waals surface area (Å²) in [6.07, 6.45) is 0. The van der Waals surface area contributed by atoms with Gasteiger partial charge < -0.3 is 19.7 Å². The lowest BCUT2D eigenvalue weighted by atomic mass is 10.1. The molecule has 7 nitrogen and oxygen atoms in total. The molecular formula is C15H21N3O4. The first-order chi connectivity index (χ1) is 10.7. The Morgan fingerprint density at radius 1 is 1.05 bits per heavy atom. The fourth-order valence-corrected chi connectivity index (χ4v) is 2.30. The summed E-state index contributed by atoms with van der Waals surface area (Å²) in [7, 11) is 3.33. The Kier molecular flexibility index (Phi) is 5.74. The first-order valence-electron chi connectivity index (χ1n) is 7.10. The van der Waals surface area contributed by atoms with Gasteiger partial charge in [0.25, 0.3) is 5.91 Å². The van der Waals surface area contributed by atoms with Gasteiger partial charge in [0, 0.05) is 33.0 Å². The summed E-state index contributed by atoms with van der Waals surface area (Å²) in [5.74, 6) is -0.326. The average Bonchev–Trinajstić information content (AvgIpc) is 2.86. The molecule has 22 heavy (non-hydrogen) atoms. The van der Waals surface area contributed by atoms with Crippen LogP contribution in [0.5, 0.6) is 0 Å². The average molecular weight is 307 g/mol. The van der Waals surface area contributed by atoms with Crippen molar-refractivity contribution >= 4 is 17.6 Å². The number of imide groups is 1. The Hall–Kier alpha value is -2.12. The van der Waals surface area contributed by atoms with Crippen molar-refractivity contribution in [3.05, 3.63) is 29.8 Å². The van der Waals surface area contributed by atoms with E-state index in [1.807, 2.05) is 24.3 Å². The Balaban J connectivity index is 2.08. The molecule has 1 unspecified atom stereocenters. The predicted octanol–water partition coefficient (Wildman–Crippen LogP) is 0.666. The highest BCUT2D eigenvalue weighted by Crippen LogP contribution is 2.21. The standard InChI is InChI=1S/C15H21N3O4/c1-21-9-7-18(8-10-22-2)12-5-3-11(4-6-12)13-14(19)17-15(20)16-13/h3-6,13H,7-10H2,1-2H3,(H2,16,17,19,20). The van der Waals surface area contributed by atoms with Crippen LogP contribution in [-0.4, -0.2) is 52.5 Å². The van der Waals surface area contributed by atoms with Crippen LogP contribution in [0.15, 0.2) is 24.3 Å². The van der Waals surface area contributed by atoms with E-state index in [1.54, 1.807) is 14.2 Å². The topological polar surface area (TPSA) is 79.9 Å². The van der Waals surface area contributed by atoms with Crippen molar-refractivity contribution < 1.29 is 19.1 Å². The lowest BCUT2D eigenvalue weighted by molar-refractivity contribution is -0.120. The second-order valence-corrected chi connectivity index (χ2v) is 4.96. The number of carbonyl (C=O) groups is 2. The number of ether oxygens (including phenoxy) is 2. The number of amides is 3. The van der Waals surface area contributed by atoms with Gasteiger partial charge in [0.1, 0.15) is 6.04 Å². The largest absolute Gasteiger partial charge is 0.383 e. The highest BCUT2D eigenvalue weighted by atomic mass is 16.5. The molecule has 1 aliphatic heterocycles. The third kappa shape index (κ3) is 3.96. The summed E-state index contributed by atoms with van der Waals surface area (Å²) in [6, 6.07) is 6.47. The van der Waals surface area contributed by atoms with E-state index < -0.39 is 12.1 Å². The number of carbonyl (C=O) groups excluding carboxylic acids is 2. The fourth-order valence-electron chi connectivity index (χ4n) is 2.30. The molecule has 0 spiro atoms. The van der Waals surface area contributed by atoms with E-state index >= 15 is 0 Å². The van der Waals surface area contributed by atoms with Crippen molar-refractivity contribution in [3.8, 4) is 0 Å². The number of anilines is 1. The molecule has 1 fully saturated rings. The van der Waals surface area contributed by atoms with E-state index in [9.17, 15) is 9.59 Å². The summed E-state index contributed by atoms with van der Waals surface area (Å²) in [5.41, 5.74) is 1.77. The maximum Gasteiger partial charge on any atom is 0.322 e. The molecule has 7 heteroatoms. The van der Waals surface area contributed by atoms with Crippen LogP contribution in [-0.2, 0) is 14.3 Å². The van der Waals surface area contributed by atoms with E-state index in [0.29, 0.717) is 13.2 Å². The molecule has 2 N–H and O–H groups in total. The van der Waals surface area contributed by atoms with E-state index in [2.05, 4.69) is 15.5 Å². The number of nitrogens with zero attached hydrogens (tertiary/aromatic N) is 1. The highest BCUT2D eigenvalue weighted by molar-refractivity contribution is 6.04. The predicted molar refractivity (Wildman–Crippen MR) is 81.8 cm³/mol. The summed E-state index contributed by atoms with van der Waals surface area (Å²) in [6.45, 7) is 2.73. The Labute approximate surface area is 129 Å². The van der Waals surface area contributed by atoms with Crippen molar-refractivity contribution in [3.63, 3.8) is 0 Å². The second kappa shape index (κ2) is 7.77. The van der Waals surface area contributed by atoms with E-state index in [-0.39, 0.29) is 5.91 Å². The van der Waals surface area contributed by atoms with Crippen LogP contribution < -0.4 is 15.5 Å². The molecule has 2 rings (SSSR count). The van der Waals surface area contributed by atoms with Crippen molar-refractivity contribution in [2.24, 2.45) is 0 Å². The number of hydrogen-bond donors (Lipinski definition) is 2. The Morgan fingerprint density at radius 2 is 1.64 bits per heavy atom. The number of urea groups is 1. The zero-order chi connectivity index (χ0) is 15.9. The van der Waals surface area contributed by atoms with Gasteiger partial charge in [0.05, 0.1) is 13.2 Å². The normalized spacial score (nSPS) is 17.3. The van der Waals surface area contributed by atoms with E-state index in [4.69, 9.17) is 9.47 Å². The molecule has 0 aliphatic carbocycles. The van der Waals surface area contributed by atoms with Gasteiger partial charge in [-0.15, -0.1) is 0 Å². The molecule has 3 amide bonds. The van der Waals surface area contributed by atoms with Gasteiger partial charge >= 0.3 is 6.03 Å². The SMILES string of the molecule is COCCN(CCOC)c1ccc(C2NC(=O)NC2=O)cc1. The van der Waals surface area contributed by atoms with E-state index in [0.717, 1.165) is 24.3 Å². The van der Waals surface area contributed by atoms with Gasteiger partial charge in [-0.1, -0.05) is 12.1 Å². The minimum atomic E-state index is -0.618. The summed E-state index contributed by atoms with van der Waals surface area (Å²) < 4.78 is 10.2. The summed E-state index contributed by atoms with van der Waals surface area (Å²) in [4.78, 5) is 25.0. The van der Waals surface area contributed by atoms with Crippen LogP contribution in [0, 0.1) is 0 Å². The molecule has 0 radical (unpaired) electrons. The maximum atomic E-state index is 11.6. The quantitative estimate of drug-likeness (QED) is 0.690. The first-order valence-corrected chi connectivity index (χ1v) is 7.10. The van der Waals surface area contributed by atoms with Gasteiger partial charge in [0.15, 0.2) is 0 Å². The minimum absolute atomic E-state index is 0.326. The van der Waals surface area contributed by atoms with Gasteiger partial charge in [0.2, 0.25) is 0 Å². The molecule has 1 heterocycles. The monoisotopic (exact) mass is 307 g/mol. The molecule has 0 saturated carbocycles. The molecule has 1 aromatic rings. The minimum Gasteiger partial charge on any atom is -0.383 e. The Morgan fingerprint density at radius 3 is 2.09 bits per heavy atom. The van der Waals surface area contributed by atoms with Crippen LogP contribution >= 0.6 is 0 Å². The molecule has 120 valence electrons. The number of hydrogen-bond acceptors (Lipinski definition) is 5. The number of rotatable bonds is 8. The zero-order valence-corrected chi connectivity index (χ0v) is 12.8. The molecule has 0 aromatic heterocycles. The van der Waals surface area contributed by atoms with Crippen LogP contribution in [0.1, 0.15) is 11.6 Å². The summed E-state index contributed by atoms with van der Waals surface area (Å²) >= 11 is 0. The molecule has 1 saturated heterocycles. The number of methoxy groups -OCH3 is 2. The zero-order valence-electron chi connectivity index (χ0n) is 12.8. The van der Waals surface area contributed by atoms with Gasteiger partial charge in [-0.3, -0.25) is 10.1 Å². The smallest absolute Gasteiger partial charge is 0.322 e. The second-order valence-electron chi connectivity index (χ2n) is 4.96.